The minimum Gasteiger partial charge on any atom is -0.309 e. The van der Waals surface area contributed by atoms with Gasteiger partial charge in [-0.15, -0.1) is 0 Å². The second-order valence-corrected chi connectivity index (χ2v) is 25.5. The molecule has 0 aliphatic rings. The molecular formula is C96H64N2. The highest BCUT2D eigenvalue weighted by atomic mass is 15.2. The van der Waals surface area contributed by atoms with Gasteiger partial charge in [-0.1, -0.05) is 303 Å². The van der Waals surface area contributed by atoms with Crippen molar-refractivity contribution in [3.8, 4) is 77.9 Å². The predicted molar refractivity (Wildman–Crippen MR) is 419 cm³/mol. The Morgan fingerprint density at radius 1 is 0.133 bits per heavy atom. The fraction of sp³-hybridized carbons (Fsp3) is 0. The Labute approximate surface area is 571 Å². The second kappa shape index (κ2) is 24.8. The van der Waals surface area contributed by atoms with Crippen LogP contribution in [0.2, 0.25) is 0 Å². The van der Waals surface area contributed by atoms with Crippen LogP contribution in [0.4, 0.5) is 34.1 Å². The third kappa shape index (κ3) is 10.5. The van der Waals surface area contributed by atoms with Gasteiger partial charge in [0, 0.05) is 33.6 Å². The predicted octanol–water partition coefficient (Wildman–Crippen LogP) is 27.2. The average Bonchev–Trinajstić information content (AvgIpc) is 0.755. The molecule has 0 saturated carbocycles. The summed E-state index contributed by atoms with van der Waals surface area (Å²) in [4.78, 5) is 4.98. The standard InChI is InChI=1S/C96H64N2/c1-3-24-65(25-4-1)69-52-55-79(56-53-69)97(93-43-20-17-36-82(93)76-49-46-67-28-7-9-30-70(67)58-76)96-57-54-74(62-92(96)91-63-75-32-11-12-35-81(75)84-38-13-15-40-86(84)91)73-48-51-78-64-90(87-41-16-14-39-85(87)89(78)61-73)88-42-19-22-45-95(88)98(80-34-23-33-72(60-80)66-26-5-2-6-27-66)94-44-21-18-37-83(94)77-50-47-68-29-8-10-31-71(68)59-77/h1-64H. The summed E-state index contributed by atoms with van der Waals surface area (Å²) in [5, 5.41) is 14.4. The number of hydrogen-bond donors (Lipinski definition) is 0. The Hall–Kier alpha value is -12.9. The molecule has 0 fully saturated rings. The van der Waals surface area contributed by atoms with Gasteiger partial charge in [-0.3, -0.25) is 0 Å². The molecule has 0 bridgehead atoms. The van der Waals surface area contributed by atoms with E-state index in [0.29, 0.717) is 0 Å². The topological polar surface area (TPSA) is 6.48 Å². The molecule has 0 radical (unpaired) electrons. The Morgan fingerprint density at radius 3 is 1.11 bits per heavy atom. The van der Waals surface area contributed by atoms with Crippen molar-refractivity contribution >= 4 is 98.8 Å². The van der Waals surface area contributed by atoms with Crippen LogP contribution in [0.25, 0.3) is 143 Å². The van der Waals surface area contributed by atoms with Crippen LogP contribution >= 0.6 is 0 Å². The zero-order chi connectivity index (χ0) is 64.9. The molecule has 0 aliphatic heterocycles. The Kier molecular flexibility index (Phi) is 14.6. The molecule has 18 aromatic rings. The van der Waals surface area contributed by atoms with Crippen LogP contribution in [0.1, 0.15) is 0 Å². The number of hydrogen-bond acceptors (Lipinski definition) is 2. The number of nitrogens with zero attached hydrogens (tertiary/aromatic N) is 2. The number of rotatable bonds is 13. The second-order valence-electron chi connectivity index (χ2n) is 25.5. The van der Waals surface area contributed by atoms with Crippen molar-refractivity contribution in [2.75, 3.05) is 9.80 Å². The van der Waals surface area contributed by atoms with E-state index in [2.05, 4.69) is 398 Å². The maximum absolute atomic E-state index is 2.50. The van der Waals surface area contributed by atoms with Gasteiger partial charge in [0.1, 0.15) is 0 Å². The van der Waals surface area contributed by atoms with E-state index in [1.807, 2.05) is 0 Å². The van der Waals surface area contributed by atoms with Crippen molar-refractivity contribution in [1.29, 1.82) is 0 Å². The van der Waals surface area contributed by atoms with Gasteiger partial charge in [-0.25, -0.2) is 0 Å². The summed E-state index contributed by atoms with van der Waals surface area (Å²) in [5.41, 5.74) is 22.6. The maximum Gasteiger partial charge on any atom is 0.0540 e. The molecule has 98 heavy (non-hydrogen) atoms. The van der Waals surface area contributed by atoms with Gasteiger partial charge in [0.25, 0.3) is 0 Å². The molecule has 0 aromatic heterocycles. The first-order valence-electron chi connectivity index (χ1n) is 33.8. The minimum absolute atomic E-state index is 1.06. The first-order valence-corrected chi connectivity index (χ1v) is 33.8. The van der Waals surface area contributed by atoms with Crippen LogP contribution in [-0.2, 0) is 0 Å². The third-order valence-electron chi connectivity index (χ3n) is 19.8. The van der Waals surface area contributed by atoms with E-state index in [0.717, 1.165) is 84.2 Å². The summed E-state index contributed by atoms with van der Waals surface area (Å²) in [6, 6.07) is 143. The molecule has 0 saturated heterocycles. The summed E-state index contributed by atoms with van der Waals surface area (Å²) in [5.74, 6) is 0. The van der Waals surface area contributed by atoms with Crippen molar-refractivity contribution < 1.29 is 0 Å². The molecular weight excluding hydrogens is 1180 g/mol. The van der Waals surface area contributed by atoms with Gasteiger partial charge in [-0.2, -0.15) is 0 Å². The molecule has 0 amide bonds. The molecule has 0 atom stereocenters. The number of benzene rings is 18. The summed E-state index contributed by atoms with van der Waals surface area (Å²) < 4.78 is 0. The van der Waals surface area contributed by atoms with E-state index in [1.54, 1.807) is 0 Å². The van der Waals surface area contributed by atoms with E-state index >= 15 is 0 Å². The maximum atomic E-state index is 2.50. The Bertz CT molecular complexity index is 6070. The van der Waals surface area contributed by atoms with E-state index in [9.17, 15) is 0 Å². The smallest absolute Gasteiger partial charge is 0.0540 e. The molecule has 0 unspecified atom stereocenters. The van der Waals surface area contributed by atoms with Gasteiger partial charge >= 0.3 is 0 Å². The van der Waals surface area contributed by atoms with E-state index < -0.39 is 0 Å². The Balaban J connectivity index is 0.825. The number of anilines is 6. The lowest BCUT2D eigenvalue weighted by Gasteiger charge is -2.31. The van der Waals surface area contributed by atoms with Gasteiger partial charge in [0.05, 0.1) is 22.7 Å². The quantitative estimate of drug-likeness (QED) is 0.106. The molecule has 458 valence electrons. The van der Waals surface area contributed by atoms with Crippen LogP contribution in [0.5, 0.6) is 0 Å². The van der Waals surface area contributed by atoms with Gasteiger partial charge in [0.15, 0.2) is 0 Å². The third-order valence-corrected chi connectivity index (χ3v) is 19.8. The average molecular weight is 1250 g/mol. The molecule has 18 rings (SSSR count). The molecule has 0 heterocycles. The Morgan fingerprint density at radius 2 is 0.500 bits per heavy atom. The number of para-hydroxylation sites is 3. The lowest BCUT2D eigenvalue weighted by atomic mass is 9.88. The SMILES string of the molecule is c1ccc(-c2ccc(N(c3ccccc3-c3ccc4ccccc4c3)c3ccc(-c4ccc5cc(-c6ccccc6N(c6cccc(-c7ccccc7)c6)c6ccccc6-c6ccc7ccccc7c6)c6ccccc6c5c4)cc3-c3cc4ccccc4c4ccccc34)cc2)cc1. The van der Waals surface area contributed by atoms with Crippen molar-refractivity contribution in [1.82, 2.24) is 0 Å². The number of fused-ring (bicyclic) bond motifs is 8. The molecule has 2 heteroatoms. The van der Waals surface area contributed by atoms with E-state index in [4.69, 9.17) is 0 Å². The fourth-order valence-electron chi connectivity index (χ4n) is 15.0. The molecule has 0 N–H and O–H groups in total. The lowest BCUT2D eigenvalue weighted by Crippen LogP contribution is -2.12. The monoisotopic (exact) mass is 1240 g/mol. The molecule has 2 nitrogen and oxygen atoms in total. The van der Waals surface area contributed by atoms with Gasteiger partial charge in [0.2, 0.25) is 0 Å². The van der Waals surface area contributed by atoms with Crippen LogP contribution in [0.3, 0.4) is 0 Å². The summed E-state index contributed by atoms with van der Waals surface area (Å²) in [7, 11) is 0. The molecule has 0 spiro atoms. The fourth-order valence-corrected chi connectivity index (χ4v) is 15.0. The molecule has 18 aromatic carbocycles. The highest BCUT2D eigenvalue weighted by Crippen LogP contribution is 2.51. The van der Waals surface area contributed by atoms with Crippen molar-refractivity contribution in [3.63, 3.8) is 0 Å². The van der Waals surface area contributed by atoms with E-state index in [-0.39, 0.29) is 0 Å². The lowest BCUT2D eigenvalue weighted by molar-refractivity contribution is 1.28. The van der Waals surface area contributed by atoms with Crippen LogP contribution in [0, 0.1) is 0 Å². The van der Waals surface area contributed by atoms with Gasteiger partial charge in [-0.05, 0) is 205 Å². The van der Waals surface area contributed by atoms with Crippen molar-refractivity contribution in [2.24, 2.45) is 0 Å². The van der Waals surface area contributed by atoms with Crippen molar-refractivity contribution in [2.45, 2.75) is 0 Å². The summed E-state index contributed by atoms with van der Waals surface area (Å²) >= 11 is 0. The van der Waals surface area contributed by atoms with Crippen LogP contribution in [-0.4, -0.2) is 0 Å². The first-order chi connectivity index (χ1) is 48.6. The normalized spacial score (nSPS) is 11.5. The van der Waals surface area contributed by atoms with Crippen LogP contribution in [0.15, 0.2) is 388 Å². The zero-order valence-electron chi connectivity index (χ0n) is 53.8. The largest absolute Gasteiger partial charge is 0.309 e. The highest BCUT2D eigenvalue weighted by Gasteiger charge is 2.26. The van der Waals surface area contributed by atoms with E-state index in [1.165, 1.54) is 92.5 Å². The summed E-state index contributed by atoms with van der Waals surface area (Å²) in [6.45, 7) is 0. The first kappa shape index (κ1) is 57.8. The van der Waals surface area contributed by atoms with Gasteiger partial charge < -0.3 is 9.80 Å². The summed E-state index contributed by atoms with van der Waals surface area (Å²) in [6.07, 6.45) is 0. The zero-order valence-corrected chi connectivity index (χ0v) is 53.8. The highest BCUT2D eigenvalue weighted by molar-refractivity contribution is 6.18. The minimum atomic E-state index is 1.06. The van der Waals surface area contributed by atoms with Crippen molar-refractivity contribution in [3.05, 3.63) is 388 Å². The molecule has 0 aliphatic carbocycles. The van der Waals surface area contributed by atoms with Crippen LogP contribution < -0.4 is 9.80 Å².